The minimum absolute atomic E-state index is 0.0608. The van der Waals surface area contributed by atoms with Crippen molar-refractivity contribution in [3.63, 3.8) is 0 Å². The predicted octanol–water partition coefficient (Wildman–Crippen LogP) is 4.09. The molecule has 1 aliphatic rings. The molecule has 0 bridgehead atoms. The van der Waals surface area contributed by atoms with Crippen LogP contribution in [0.2, 0.25) is 10.0 Å². The fourth-order valence-electron chi connectivity index (χ4n) is 3.51. The van der Waals surface area contributed by atoms with Crippen molar-refractivity contribution in [1.82, 2.24) is 14.5 Å². The average Bonchev–Trinajstić information content (AvgIpc) is 3.27. The zero-order valence-electron chi connectivity index (χ0n) is 17.5. The van der Waals surface area contributed by atoms with Gasteiger partial charge in [-0.05, 0) is 55.3 Å². The SMILES string of the molecule is COc1ccc(S(=O)(=O)N2CCC(C(=O)Nc3nnc(-c4ccc(Cl)cc4Cl)o3)CC2)cc1. The first kappa shape index (κ1) is 23.5. The highest BCUT2D eigenvalue weighted by Gasteiger charge is 2.32. The summed E-state index contributed by atoms with van der Waals surface area (Å²) in [5, 5.41) is 11.2. The Morgan fingerprint density at radius 3 is 2.45 bits per heavy atom. The lowest BCUT2D eigenvalue weighted by atomic mass is 9.97. The van der Waals surface area contributed by atoms with E-state index in [1.165, 1.54) is 23.5 Å². The van der Waals surface area contributed by atoms with Crippen molar-refractivity contribution in [3.8, 4) is 17.2 Å². The van der Waals surface area contributed by atoms with Gasteiger partial charge >= 0.3 is 6.01 Å². The van der Waals surface area contributed by atoms with Gasteiger partial charge in [0.2, 0.25) is 15.9 Å². The van der Waals surface area contributed by atoms with E-state index in [9.17, 15) is 13.2 Å². The Morgan fingerprint density at radius 1 is 1.12 bits per heavy atom. The Hall–Kier alpha value is -2.66. The Kier molecular flexibility index (Phi) is 6.89. The monoisotopic (exact) mass is 510 g/mol. The van der Waals surface area contributed by atoms with Gasteiger partial charge in [0.1, 0.15) is 5.75 Å². The number of aromatic nitrogens is 2. The number of sulfonamides is 1. The first-order valence-electron chi connectivity index (χ1n) is 10.0. The molecule has 1 saturated heterocycles. The molecule has 9 nitrogen and oxygen atoms in total. The molecule has 1 amide bonds. The molecule has 0 atom stereocenters. The molecule has 0 saturated carbocycles. The van der Waals surface area contributed by atoms with Crippen LogP contribution >= 0.6 is 23.2 Å². The summed E-state index contributed by atoms with van der Waals surface area (Å²) < 4.78 is 37.7. The first-order valence-corrected chi connectivity index (χ1v) is 12.2. The number of nitrogens with one attached hydrogen (secondary N) is 1. The van der Waals surface area contributed by atoms with Crippen molar-refractivity contribution in [2.24, 2.45) is 5.92 Å². The molecule has 33 heavy (non-hydrogen) atoms. The van der Waals surface area contributed by atoms with Crippen LogP contribution in [0.1, 0.15) is 12.8 Å². The molecule has 12 heteroatoms. The Balaban J connectivity index is 1.36. The molecule has 174 valence electrons. The molecule has 0 radical (unpaired) electrons. The van der Waals surface area contributed by atoms with E-state index in [1.807, 2.05) is 0 Å². The van der Waals surface area contributed by atoms with Gasteiger partial charge in [0.15, 0.2) is 0 Å². The van der Waals surface area contributed by atoms with Gasteiger partial charge in [-0.2, -0.15) is 4.31 Å². The summed E-state index contributed by atoms with van der Waals surface area (Å²) >= 11 is 12.0. The quantitative estimate of drug-likeness (QED) is 0.530. The van der Waals surface area contributed by atoms with Crippen LogP contribution < -0.4 is 10.1 Å². The molecule has 3 aromatic rings. The van der Waals surface area contributed by atoms with Crippen LogP contribution in [0.4, 0.5) is 6.01 Å². The van der Waals surface area contributed by atoms with E-state index in [-0.39, 0.29) is 41.7 Å². The lowest BCUT2D eigenvalue weighted by molar-refractivity contribution is -0.121. The Bertz CT molecular complexity index is 1260. The second-order valence-corrected chi connectivity index (χ2v) is 10.2. The molecule has 0 spiro atoms. The van der Waals surface area contributed by atoms with Gasteiger partial charge in [-0.3, -0.25) is 10.1 Å². The van der Waals surface area contributed by atoms with Crippen molar-refractivity contribution in [2.45, 2.75) is 17.7 Å². The summed E-state index contributed by atoms with van der Waals surface area (Å²) in [4.78, 5) is 12.8. The second kappa shape index (κ2) is 9.68. The molecular weight excluding hydrogens is 491 g/mol. The zero-order chi connectivity index (χ0) is 23.6. The molecule has 0 aliphatic carbocycles. The van der Waals surface area contributed by atoms with Gasteiger partial charge in [-0.25, -0.2) is 8.42 Å². The summed E-state index contributed by atoms with van der Waals surface area (Å²) in [6.45, 7) is 0.448. The number of carbonyl (C=O) groups is 1. The van der Waals surface area contributed by atoms with Crippen molar-refractivity contribution in [3.05, 3.63) is 52.5 Å². The van der Waals surface area contributed by atoms with E-state index in [2.05, 4.69) is 15.5 Å². The minimum Gasteiger partial charge on any atom is -0.497 e. The van der Waals surface area contributed by atoms with Gasteiger partial charge in [0, 0.05) is 24.0 Å². The predicted molar refractivity (Wildman–Crippen MR) is 123 cm³/mol. The van der Waals surface area contributed by atoms with E-state index in [0.29, 0.717) is 34.2 Å². The third-order valence-corrected chi connectivity index (χ3v) is 7.80. The van der Waals surface area contributed by atoms with E-state index < -0.39 is 10.0 Å². The topological polar surface area (TPSA) is 115 Å². The molecule has 2 heterocycles. The highest BCUT2D eigenvalue weighted by atomic mass is 35.5. The van der Waals surface area contributed by atoms with E-state index in [4.69, 9.17) is 32.4 Å². The number of rotatable bonds is 6. The second-order valence-electron chi connectivity index (χ2n) is 7.38. The maximum Gasteiger partial charge on any atom is 0.322 e. The van der Waals surface area contributed by atoms with Crippen molar-refractivity contribution < 1.29 is 22.4 Å². The summed E-state index contributed by atoms with van der Waals surface area (Å²) in [6, 6.07) is 11.0. The standard InChI is InChI=1S/C21H20Cl2N4O5S/c1-31-15-3-5-16(6-4-15)33(29,30)27-10-8-13(9-11-27)19(28)24-21-26-25-20(32-21)17-7-2-14(22)12-18(17)23/h2-7,12-13H,8-11H2,1H3,(H,24,26,28). The van der Waals surface area contributed by atoms with Crippen molar-refractivity contribution >= 4 is 45.1 Å². The number of ether oxygens (including phenoxy) is 1. The van der Waals surface area contributed by atoms with Gasteiger partial charge in [0.25, 0.3) is 5.89 Å². The number of piperidine rings is 1. The highest BCUT2D eigenvalue weighted by Crippen LogP contribution is 2.31. The van der Waals surface area contributed by atoms with Crippen LogP contribution in [0.3, 0.4) is 0 Å². The van der Waals surface area contributed by atoms with Crippen LogP contribution in [0.25, 0.3) is 11.5 Å². The molecule has 4 rings (SSSR count). The van der Waals surface area contributed by atoms with Crippen LogP contribution in [-0.2, 0) is 14.8 Å². The number of amides is 1. The van der Waals surface area contributed by atoms with Crippen LogP contribution in [-0.4, -0.2) is 49.0 Å². The zero-order valence-corrected chi connectivity index (χ0v) is 19.8. The van der Waals surface area contributed by atoms with Crippen LogP contribution in [0, 0.1) is 5.92 Å². The summed E-state index contributed by atoms with van der Waals surface area (Å²) in [6.07, 6.45) is 0.733. The van der Waals surface area contributed by atoms with Crippen molar-refractivity contribution in [2.75, 3.05) is 25.5 Å². The smallest absolute Gasteiger partial charge is 0.322 e. The molecule has 1 aromatic heterocycles. The summed E-state index contributed by atoms with van der Waals surface area (Å²) in [7, 11) is -2.13. The number of hydrogen-bond donors (Lipinski definition) is 1. The number of nitrogens with zero attached hydrogens (tertiary/aromatic N) is 3. The number of hydrogen-bond acceptors (Lipinski definition) is 7. The molecule has 1 aliphatic heterocycles. The normalized spacial score (nSPS) is 15.4. The summed E-state index contributed by atoms with van der Waals surface area (Å²) in [5.74, 6) is 0.0231. The van der Waals surface area contributed by atoms with E-state index in [0.717, 1.165) is 0 Å². The Labute approximate surface area is 200 Å². The highest BCUT2D eigenvalue weighted by molar-refractivity contribution is 7.89. The number of anilines is 1. The fraction of sp³-hybridized carbons (Fsp3) is 0.286. The summed E-state index contributed by atoms with van der Waals surface area (Å²) in [5.41, 5.74) is 0.492. The van der Waals surface area contributed by atoms with Gasteiger partial charge in [-0.1, -0.05) is 28.3 Å². The first-order chi connectivity index (χ1) is 15.8. The lowest BCUT2D eigenvalue weighted by Crippen LogP contribution is -2.41. The minimum atomic E-state index is -3.65. The number of halogens is 2. The van der Waals surface area contributed by atoms with E-state index in [1.54, 1.807) is 30.3 Å². The van der Waals surface area contributed by atoms with E-state index >= 15 is 0 Å². The molecule has 0 unspecified atom stereocenters. The van der Waals surface area contributed by atoms with Gasteiger partial charge < -0.3 is 9.15 Å². The number of carbonyl (C=O) groups excluding carboxylic acids is 1. The van der Waals surface area contributed by atoms with Crippen LogP contribution in [0.15, 0.2) is 51.8 Å². The van der Waals surface area contributed by atoms with Gasteiger partial charge in [-0.15, -0.1) is 5.10 Å². The van der Waals surface area contributed by atoms with Crippen molar-refractivity contribution in [1.29, 1.82) is 0 Å². The third-order valence-electron chi connectivity index (χ3n) is 5.34. The molecular formula is C21H20Cl2N4O5S. The maximum atomic E-state index is 12.9. The van der Waals surface area contributed by atoms with Crippen LogP contribution in [0.5, 0.6) is 5.75 Å². The fourth-order valence-corrected chi connectivity index (χ4v) is 5.47. The number of methoxy groups -OCH3 is 1. The molecule has 2 aromatic carbocycles. The number of benzene rings is 2. The largest absolute Gasteiger partial charge is 0.497 e. The maximum absolute atomic E-state index is 12.9. The lowest BCUT2D eigenvalue weighted by Gasteiger charge is -2.30. The third kappa shape index (κ3) is 5.14. The van der Waals surface area contributed by atoms with Gasteiger partial charge in [0.05, 0.1) is 22.6 Å². The molecule has 1 N–H and O–H groups in total. The molecule has 1 fully saturated rings. The Morgan fingerprint density at radius 2 is 1.82 bits per heavy atom. The average molecular weight is 511 g/mol.